The molecule has 20 heavy (non-hydrogen) atoms. The molecule has 0 aromatic carbocycles. The molecule has 0 unspecified atom stereocenters. The number of esters is 1. The van der Waals surface area contributed by atoms with Crippen molar-refractivity contribution in [3.63, 3.8) is 0 Å². The molecule has 0 bridgehead atoms. The molecule has 0 aliphatic heterocycles. The number of ether oxygens (including phenoxy) is 1. The van der Waals surface area contributed by atoms with Crippen LogP contribution in [0.3, 0.4) is 0 Å². The van der Waals surface area contributed by atoms with Gasteiger partial charge in [-0.2, -0.15) is 0 Å². The minimum Gasteiger partial charge on any atom is -0.465 e. The number of ketones is 1. The van der Waals surface area contributed by atoms with Gasteiger partial charge in [0, 0.05) is 12.8 Å². The van der Waals surface area contributed by atoms with Crippen LogP contribution in [0.25, 0.3) is 0 Å². The van der Waals surface area contributed by atoms with Gasteiger partial charge in [-0.3, -0.25) is 9.59 Å². The van der Waals surface area contributed by atoms with E-state index in [4.69, 9.17) is 4.74 Å². The van der Waals surface area contributed by atoms with Gasteiger partial charge >= 0.3 is 5.97 Å². The van der Waals surface area contributed by atoms with E-state index in [9.17, 15) is 9.59 Å². The predicted molar refractivity (Wildman–Crippen MR) is 84.1 cm³/mol. The summed E-state index contributed by atoms with van der Waals surface area (Å²) in [5, 5.41) is 0. The molecule has 0 aromatic heterocycles. The fraction of sp³-hybridized carbons (Fsp3) is 0.750. The molecule has 1 saturated carbocycles. The molecule has 1 aliphatic carbocycles. The molecular formula is C16H28O3Si. The molecule has 114 valence electrons. The van der Waals surface area contributed by atoms with Gasteiger partial charge in [0.25, 0.3) is 0 Å². The van der Waals surface area contributed by atoms with Crippen molar-refractivity contribution in [3.05, 3.63) is 11.3 Å². The average Bonchev–Trinajstić information content (AvgIpc) is 2.27. The summed E-state index contributed by atoms with van der Waals surface area (Å²) in [4.78, 5) is 24.1. The minimum atomic E-state index is -1.42. The quantitative estimate of drug-likeness (QED) is 0.588. The van der Waals surface area contributed by atoms with Crippen LogP contribution in [0.15, 0.2) is 11.3 Å². The molecule has 0 amide bonds. The monoisotopic (exact) mass is 296 g/mol. The van der Waals surface area contributed by atoms with Crippen LogP contribution in [0.1, 0.15) is 33.6 Å². The second kappa shape index (κ2) is 6.70. The van der Waals surface area contributed by atoms with Crippen molar-refractivity contribution in [3.8, 4) is 0 Å². The lowest BCUT2D eigenvalue weighted by Gasteiger charge is -2.30. The molecular weight excluding hydrogens is 268 g/mol. The van der Waals surface area contributed by atoms with E-state index in [1.807, 2.05) is 20.8 Å². The van der Waals surface area contributed by atoms with Gasteiger partial charge in [-0.25, -0.2) is 0 Å². The van der Waals surface area contributed by atoms with Gasteiger partial charge in [-0.1, -0.05) is 51.7 Å². The van der Waals surface area contributed by atoms with Gasteiger partial charge in [0.1, 0.15) is 5.78 Å². The van der Waals surface area contributed by atoms with Gasteiger partial charge < -0.3 is 4.74 Å². The summed E-state index contributed by atoms with van der Waals surface area (Å²) in [6.07, 6.45) is 0.877. The molecule has 0 aromatic rings. The lowest BCUT2D eigenvalue weighted by molar-refractivity contribution is -0.150. The molecule has 1 fully saturated rings. The summed E-state index contributed by atoms with van der Waals surface area (Å²) in [6.45, 7) is 13.3. The van der Waals surface area contributed by atoms with E-state index >= 15 is 0 Å². The molecule has 1 aliphatic rings. The van der Waals surface area contributed by atoms with Gasteiger partial charge in [-0.05, 0) is 11.8 Å². The van der Waals surface area contributed by atoms with Crippen LogP contribution in [0.5, 0.6) is 0 Å². The van der Waals surface area contributed by atoms with Crippen molar-refractivity contribution < 1.29 is 14.3 Å². The zero-order valence-corrected chi connectivity index (χ0v) is 14.7. The van der Waals surface area contributed by atoms with E-state index in [2.05, 4.69) is 25.3 Å². The molecule has 0 saturated heterocycles. The van der Waals surface area contributed by atoms with Gasteiger partial charge in [-0.15, -0.1) is 0 Å². The van der Waals surface area contributed by atoms with E-state index < -0.39 is 8.07 Å². The molecule has 1 rings (SSSR count). The van der Waals surface area contributed by atoms with Crippen molar-refractivity contribution in [2.24, 2.45) is 17.8 Å². The maximum Gasteiger partial charge on any atom is 0.313 e. The normalized spacial score (nSPS) is 26.1. The smallest absolute Gasteiger partial charge is 0.313 e. The van der Waals surface area contributed by atoms with Crippen LogP contribution < -0.4 is 0 Å². The maximum absolute atomic E-state index is 12.3. The Kier molecular flexibility index (Phi) is 5.75. The third kappa shape index (κ3) is 5.23. The lowest BCUT2D eigenvalue weighted by atomic mass is 9.78. The summed E-state index contributed by atoms with van der Waals surface area (Å²) in [6, 6.07) is 0. The minimum absolute atomic E-state index is 0.166. The second-order valence-corrected chi connectivity index (χ2v) is 12.5. The van der Waals surface area contributed by atoms with Crippen molar-refractivity contribution in [1.29, 1.82) is 0 Å². The van der Waals surface area contributed by atoms with Crippen LogP contribution in [-0.4, -0.2) is 26.4 Å². The predicted octanol–water partition coefficient (Wildman–Crippen LogP) is 3.60. The molecule has 0 N–H and O–H groups in total. The van der Waals surface area contributed by atoms with Crippen LogP contribution in [-0.2, 0) is 14.3 Å². The first-order chi connectivity index (χ1) is 9.10. The van der Waals surface area contributed by atoms with E-state index in [0.29, 0.717) is 25.4 Å². The fourth-order valence-electron chi connectivity index (χ4n) is 2.54. The summed E-state index contributed by atoms with van der Waals surface area (Å²) in [5.74, 6) is 0.0937. The van der Waals surface area contributed by atoms with Gasteiger partial charge in [0.15, 0.2) is 0 Å². The van der Waals surface area contributed by atoms with Crippen LogP contribution in [0.2, 0.25) is 19.6 Å². The number of hydrogen-bond acceptors (Lipinski definition) is 3. The zero-order valence-electron chi connectivity index (χ0n) is 13.7. The Bertz CT molecular complexity index is 404. The highest BCUT2D eigenvalue weighted by atomic mass is 28.3. The standard InChI is InChI=1S/C16H28O3Si/c1-11(2)9-19-16(18)14-8-13(17)7-12(3)15(14)10-20(4,5)6/h10-12,14H,7-9H2,1-6H3/b15-10+/t12-,14-/m1/s1. The summed E-state index contributed by atoms with van der Waals surface area (Å²) >= 11 is 0. The van der Waals surface area contributed by atoms with Crippen LogP contribution in [0, 0.1) is 17.8 Å². The highest BCUT2D eigenvalue weighted by Crippen LogP contribution is 2.34. The van der Waals surface area contributed by atoms with E-state index in [1.54, 1.807) is 0 Å². The highest BCUT2D eigenvalue weighted by Gasteiger charge is 2.36. The first kappa shape index (κ1) is 17.1. The first-order valence-corrected chi connectivity index (χ1v) is 11.1. The third-order valence-corrected chi connectivity index (χ3v) is 4.58. The second-order valence-electron chi connectivity index (χ2n) is 7.43. The maximum atomic E-state index is 12.3. The summed E-state index contributed by atoms with van der Waals surface area (Å²) in [5.41, 5.74) is 3.42. The summed E-state index contributed by atoms with van der Waals surface area (Å²) < 4.78 is 5.37. The van der Waals surface area contributed by atoms with Crippen molar-refractivity contribution in [1.82, 2.24) is 0 Å². The largest absolute Gasteiger partial charge is 0.465 e. The Balaban J connectivity index is 2.94. The molecule has 4 heteroatoms. The average molecular weight is 296 g/mol. The number of rotatable bonds is 4. The van der Waals surface area contributed by atoms with Crippen molar-refractivity contribution in [2.75, 3.05) is 6.61 Å². The van der Waals surface area contributed by atoms with E-state index in [-0.39, 0.29) is 23.6 Å². The van der Waals surface area contributed by atoms with Crippen LogP contribution in [0.4, 0.5) is 0 Å². The summed E-state index contributed by atoms with van der Waals surface area (Å²) in [7, 11) is -1.42. The number of carbonyl (C=O) groups excluding carboxylic acids is 2. The fourth-order valence-corrected chi connectivity index (χ4v) is 4.03. The Morgan fingerprint density at radius 2 is 1.95 bits per heavy atom. The van der Waals surface area contributed by atoms with Gasteiger partial charge in [0.05, 0.1) is 20.6 Å². The Morgan fingerprint density at radius 3 is 2.45 bits per heavy atom. The molecule has 0 spiro atoms. The Hall–Kier alpha value is -0.903. The van der Waals surface area contributed by atoms with Crippen molar-refractivity contribution >= 4 is 19.8 Å². The molecule has 0 heterocycles. The SMILES string of the molecule is CC(C)COC(=O)[C@@H]1CC(=O)C[C@@H](C)/C1=C\[Si](C)(C)C. The molecule has 2 atom stereocenters. The first-order valence-electron chi connectivity index (χ1n) is 7.51. The number of hydrogen-bond donors (Lipinski definition) is 0. The van der Waals surface area contributed by atoms with Crippen LogP contribution >= 0.6 is 0 Å². The Morgan fingerprint density at radius 1 is 1.35 bits per heavy atom. The van der Waals surface area contributed by atoms with Gasteiger partial charge in [0.2, 0.25) is 0 Å². The van der Waals surface area contributed by atoms with E-state index in [0.717, 1.165) is 5.57 Å². The van der Waals surface area contributed by atoms with Crippen molar-refractivity contribution in [2.45, 2.75) is 53.3 Å². The lowest BCUT2D eigenvalue weighted by Crippen LogP contribution is -2.34. The van der Waals surface area contributed by atoms with E-state index in [1.165, 1.54) is 0 Å². The third-order valence-electron chi connectivity index (χ3n) is 3.38. The zero-order chi connectivity index (χ0) is 15.5. The number of Topliss-reactive ketones (excluding diaryl/α,β-unsaturated/α-hetero) is 1. The number of carbonyl (C=O) groups is 2. The highest BCUT2D eigenvalue weighted by molar-refractivity contribution is 6.81. The topological polar surface area (TPSA) is 43.4 Å². The molecule has 0 radical (unpaired) electrons. The molecule has 3 nitrogen and oxygen atoms in total. The Labute approximate surface area is 123 Å².